The fraction of sp³-hybridized carbons (Fsp3) is 1.00. The van der Waals surface area contributed by atoms with E-state index in [1.807, 2.05) is 0 Å². The summed E-state index contributed by atoms with van der Waals surface area (Å²) in [5.74, 6) is 0. The molecular formula is C6H16N2O. The Labute approximate surface area is 56.4 Å². The van der Waals surface area contributed by atoms with E-state index in [9.17, 15) is 0 Å². The number of nitrogens with two attached hydrogens (primary N) is 1. The van der Waals surface area contributed by atoms with Crippen molar-refractivity contribution < 1.29 is 5.21 Å². The number of nitrogens with zero attached hydrogens (tertiary/aromatic N) is 1. The molecule has 0 aliphatic rings. The average Bonchev–Trinajstić information content (AvgIpc) is 1.89. The minimum absolute atomic E-state index is 0.240. The summed E-state index contributed by atoms with van der Waals surface area (Å²) < 4.78 is 0. The van der Waals surface area contributed by atoms with Crippen LogP contribution in [0.4, 0.5) is 0 Å². The van der Waals surface area contributed by atoms with Crippen molar-refractivity contribution in [3.8, 4) is 0 Å². The van der Waals surface area contributed by atoms with Gasteiger partial charge in [-0.1, -0.05) is 19.8 Å². The lowest BCUT2D eigenvalue weighted by Crippen LogP contribution is -2.27. The van der Waals surface area contributed by atoms with Crippen molar-refractivity contribution in [2.75, 3.05) is 13.2 Å². The van der Waals surface area contributed by atoms with E-state index in [0.717, 1.165) is 17.9 Å². The van der Waals surface area contributed by atoms with Gasteiger partial charge < -0.3 is 10.9 Å². The smallest absolute Gasteiger partial charge is 0.0704 e. The maximum absolute atomic E-state index is 8.79. The topological polar surface area (TPSA) is 49.5 Å². The minimum atomic E-state index is 0.240. The van der Waals surface area contributed by atoms with Gasteiger partial charge in [-0.15, -0.1) is 0 Å². The molecule has 0 bridgehead atoms. The zero-order valence-electron chi connectivity index (χ0n) is 6.01. The molecule has 0 unspecified atom stereocenters. The number of rotatable bonds is 5. The van der Waals surface area contributed by atoms with Gasteiger partial charge in [-0.25, -0.2) is 0 Å². The highest BCUT2D eigenvalue weighted by Crippen LogP contribution is 1.93. The molecule has 0 aliphatic carbocycles. The van der Waals surface area contributed by atoms with Crippen LogP contribution < -0.4 is 5.73 Å². The van der Waals surface area contributed by atoms with Gasteiger partial charge in [-0.05, 0) is 6.42 Å². The van der Waals surface area contributed by atoms with Gasteiger partial charge in [0, 0.05) is 6.54 Å². The molecule has 3 heteroatoms. The monoisotopic (exact) mass is 132 g/mol. The van der Waals surface area contributed by atoms with E-state index < -0.39 is 0 Å². The SMILES string of the molecule is CCCCCN(O)CN. The van der Waals surface area contributed by atoms with Crippen LogP contribution in [0.3, 0.4) is 0 Å². The summed E-state index contributed by atoms with van der Waals surface area (Å²) in [5, 5.41) is 9.93. The Morgan fingerprint density at radius 3 is 2.56 bits per heavy atom. The van der Waals surface area contributed by atoms with Gasteiger partial charge >= 0.3 is 0 Å². The highest BCUT2D eigenvalue weighted by atomic mass is 16.5. The third kappa shape index (κ3) is 5.76. The first-order chi connectivity index (χ1) is 4.31. The Hall–Kier alpha value is -0.120. The van der Waals surface area contributed by atoms with E-state index in [-0.39, 0.29) is 6.67 Å². The third-order valence-corrected chi connectivity index (χ3v) is 1.23. The normalized spacial score (nSPS) is 10.7. The maximum Gasteiger partial charge on any atom is 0.0704 e. The van der Waals surface area contributed by atoms with Gasteiger partial charge in [0.2, 0.25) is 0 Å². The zero-order valence-corrected chi connectivity index (χ0v) is 6.01. The highest BCUT2D eigenvalue weighted by Gasteiger charge is 1.93. The molecule has 0 heterocycles. The largest absolute Gasteiger partial charge is 0.316 e. The number of hydroxylamine groups is 2. The van der Waals surface area contributed by atoms with Crippen molar-refractivity contribution in [2.24, 2.45) is 5.73 Å². The van der Waals surface area contributed by atoms with Gasteiger partial charge in [-0.2, -0.15) is 5.06 Å². The molecule has 56 valence electrons. The summed E-state index contributed by atoms with van der Waals surface area (Å²) in [6, 6.07) is 0. The molecule has 3 nitrogen and oxygen atoms in total. The molecule has 0 saturated heterocycles. The quantitative estimate of drug-likeness (QED) is 0.330. The van der Waals surface area contributed by atoms with Crippen molar-refractivity contribution in [1.29, 1.82) is 0 Å². The van der Waals surface area contributed by atoms with Crippen LogP contribution in [-0.2, 0) is 0 Å². The molecule has 0 aromatic carbocycles. The molecule has 9 heavy (non-hydrogen) atoms. The zero-order chi connectivity index (χ0) is 7.11. The molecule has 0 radical (unpaired) electrons. The standard InChI is InChI=1S/C6H16N2O/c1-2-3-4-5-8(9)6-7/h9H,2-7H2,1H3. The second kappa shape index (κ2) is 6.01. The van der Waals surface area contributed by atoms with Crippen LogP contribution in [0.15, 0.2) is 0 Å². The molecule has 0 aliphatic heterocycles. The predicted octanol–water partition coefficient (Wildman–Crippen LogP) is 0.784. The second-order valence-electron chi connectivity index (χ2n) is 2.12. The molecule has 0 spiro atoms. The van der Waals surface area contributed by atoms with E-state index in [1.54, 1.807) is 0 Å². The fourth-order valence-electron chi connectivity index (χ4n) is 0.636. The highest BCUT2D eigenvalue weighted by molar-refractivity contribution is 4.41. The predicted molar refractivity (Wildman–Crippen MR) is 37.1 cm³/mol. The Morgan fingerprint density at radius 1 is 1.44 bits per heavy atom. The molecule has 3 N–H and O–H groups in total. The van der Waals surface area contributed by atoms with Crippen LogP contribution in [0.1, 0.15) is 26.2 Å². The van der Waals surface area contributed by atoms with E-state index in [1.165, 1.54) is 6.42 Å². The third-order valence-electron chi connectivity index (χ3n) is 1.23. The summed E-state index contributed by atoms with van der Waals surface area (Å²) >= 11 is 0. The Morgan fingerprint density at radius 2 is 2.11 bits per heavy atom. The Bertz CT molecular complexity index is 59.0. The average molecular weight is 132 g/mol. The second-order valence-corrected chi connectivity index (χ2v) is 2.12. The first-order valence-electron chi connectivity index (χ1n) is 3.45. The summed E-state index contributed by atoms with van der Waals surface area (Å²) in [5.41, 5.74) is 5.13. The van der Waals surface area contributed by atoms with E-state index >= 15 is 0 Å². The first-order valence-corrected chi connectivity index (χ1v) is 3.45. The Kier molecular flexibility index (Phi) is 5.93. The van der Waals surface area contributed by atoms with E-state index in [0.29, 0.717) is 6.54 Å². The van der Waals surface area contributed by atoms with Gasteiger partial charge in [0.15, 0.2) is 0 Å². The summed E-state index contributed by atoms with van der Waals surface area (Å²) in [6.07, 6.45) is 3.37. The molecule has 0 amide bonds. The molecule has 0 rings (SSSR count). The molecule has 0 fully saturated rings. The fourth-order valence-corrected chi connectivity index (χ4v) is 0.636. The van der Waals surface area contributed by atoms with Crippen LogP contribution in [-0.4, -0.2) is 23.5 Å². The van der Waals surface area contributed by atoms with Crippen molar-refractivity contribution in [3.63, 3.8) is 0 Å². The van der Waals surface area contributed by atoms with Crippen LogP contribution in [0.5, 0.6) is 0 Å². The molecule has 0 atom stereocenters. The van der Waals surface area contributed by atoms with Crippen molar-refractivity contribution in [3.05, 3.63) is 0 Å². The number of hydrogen-bond acceptors (Lipinski definition) is 3. The van der Waals surface area contributed by atoms with Gasteiger partial charge in [0.1, 0.15) is 0 Å². The van der Waals surface area contributed by atoms with E-state index in [4.69, 9.17) is 10.9 Å². The Balaban J connectivity index is 2.88. The van der Waals surface area contributed by atoms with Crippen molar-refractivity contribution in [1.82, 2.24) is 5.06 Å². The van der Waals surface area contributed by atoms with Gasteiger partial charge in [0.05, 0.1) is 6.67 Å². The molecule has 0 aromatic heterocycles. The lowest BCUT2D eigenvalue weighted by molar-refractivity contribution is -0.0894. The maximum atomic E-state index is 8.79. The molecule has 0 saturated carbocycles. The van der Waals surface area contributed by atoms with Gasteiger partial charge in [0.25, 0.3) is 0 Å². The lowest BCUT2D eigenvalue weighted by atomic mass is 10.2. The molecular weight excluding hydrogens is 116 g/mol. The lowest BCUT2D eigenvalue weighted by Gasteiger charge is -2.09. The van der Waals surface area contributed by atoms with Crippen LogP contribution in [0.2, 0.25) is 0 Å². The molecule has 0 aromatic rings. The number of hydrogen-bond donors (Lipinski definition) is 2. The first kappa shape index (κ1) is 8.88. The number of unbranched alkanes of at least 4 members (excludes halogenated alkanes) is 2. The van der Waals surface area contributed by atoms with Crippen molar-refractivity contribution in [2.45, 2.75) is 26.2 Å². The minimum Gasteiger partial charge on any atom is -0.316 e. The summed E-state index contributed by atoms with van der Waals surface area (Å²) in [4.78, 5) is 0. The van der Waals surface area contributed by atoms with E-state index in [2.05, 4.69) is 6.92 Å². The van der Waals surface area contributed by atoms with Crippen LogP contribution in [0.25, 0.3) is 0 Å². The summed E-state index contributed by atoms with van der Waals surface area (Å²) in [7, 11) is 0. The van der Waals surface area contributed by atoms with Crippen LogP contribution >= 0.6 is 0 Å². The van der Waals surface area contributed by atoms with Gasteiger partial charge in [-0.3, -0.25) is 0 Å². The van der Waals surface area contributed by atoms with Crippen molar-refractivity contribution >= 4 is 0 Å². The van der Waals surface area contributed by atoms with Crippen LogP contribution in [0, 0.1) is 0 Å². The summed E-state index contributed by atoms with van der Waals surface area (Å²) in [6.45, 7) is 3.07.